The van der Waals surface area contributed by atoms with Crippen molar-refractivity contribution >= 4 is 114 Å². The van der Waals surface area contributed by atoms with E-state index in [4.69, 9.17) is 20.6 Å². The highest BCUT2D eigenvalue weighted by Gasteiger charge is 2.28. The monoisotopic (exact) mass is 1050 g/mol. The minimum absolute atomic E-state index is 0.0114. The van der Waals surface area contributed by atoms with Gasteiger partial charge >= 0.3 is 26.8 Å². The Labute approximate surface area is 383 Å². The highest BCUT2D eigenvalue weighted by Crippen LogP contribution is 2.49. The Bertz CT molecular complexity index is 3320. The lowest BCUT2D eigenvalue weighted by Crippen LogP contribution is -2.21. The first-order valence-corrected chi connectivity index (χ1v) is 25.6. The minimum Gasteiger partial charge on any atom is -0.478 e. The molecule has 0 atom stereocenters. The molecule has 358 valence electrons. The number of sulfone groups is 2. The Balaban J connectivity index is 1.90. The summed E-state index contributed by atoms with van der Waals surface area (Å²) in [7, 11) is -22.7. The van der Waals surface area contributed by atoms with Gasteiger partial charge in [0.25, 0.3) is 10.1 Å². The molecule has 0 fully saturated rings. The van der Waals surface area contributed by atoms with Crippen molar-refractivity contribution in [1.82, 2.24) is 5.01 Å². The van der Waals surface area contributed by atoms with Crippen LogP contribution in [0.2, 0.25) is 0 Å². The van der Waals surface area contributed by atoms with E-state index in [1.807, 2.05) is 6.11 Å². The van der Waals surface area contributed by atoms with Crippen LogP contribution in [0, 0.1) is 16.3 Å². The molecule has 0 bridgehead atoms. The van der Waals surface area contributed by atoms with E-state index in [-0.39, 0.29) is 11.4 Å². The molecular weight excluding hydrogens is 1020 g/mol. The molecule has 0 aromatic heterocycles. The molecule has 29 nitrogen and oxygen atoms in total. The van der Waals surface area contributed by atoms with Crippen LogP contribution in [-0.2, 0) is 64.0 Å². The number of nitroso groups, excluding NO2 is 1. The molecule has 0 aliphatic heterocycles. The van der Waals surface area contributed by atoms with Crippen molar-refractivity contribution in [2.45, 2.75) is 19.6 Å². The molecule has 0 radical (unpaired) electrons. The molecule has 4 aromatic rings. The van der Waals surface area contributed by atoms with Crippen molar-refractivity contribution in [2.75, 3.05) is 43.2 Å². The number of nitrogens with two attached hydrogens (primary N) is 2. The van der Waals surface area contributed by atoms with Crippen LogP contribution in [0.5, 0.6) is 0 Å². The Morgan fingerprint density at radius 2 is 1.28 bits per heavy atom. The molecule has 0 amide bonds. The summed E-state index contributed by atoms with van der Waals surface area (Å²) in [4.78, 5) is 25.7. The van der Waals surface area contributed by atoms with Crippen LogP contribution in [0.4, 0.5) is 45.5 Å². The van der Waals surface area contributed by atoms with Gasteiger partial charge in [0, 0.05) is 17.2 Å². The number of azo groups is 3. The number of rotatable bonds is 21. The topological polar surface area (TPSA) is 455 Å². The fourth-order valence-electron chi connectivity index (χ4n) is 4.85. The third-order valence-corrected chi connectivity index (χ3v) is 13.5. The van der Waals surface area contributed by atoms with Gasteiger partial charge in [-0.25, -0.2) is 25.8 Å². The van der Waals surface area contributed by atoms with Crippen LogP contribution < -0.4 is 11.5 Å². The number of hydrogen-bond donors (Lipinski definition) is 6. The van der Waals surface area contributed by atoms with Gasteiger partial charge in [-0.2, -0.15) is 35.5 Å². The first-order valence-electron chi connectivity index (χ1n) is 17.3. The van der Waals surface area contributed by atoms with E-state index in [0.717, 1.165) is 41.0 Å². The fourth-order valence-corrected chi connectivity index (χ4v) is 9.05. The van der Waals surface area contributed by atoms with E-state index >= 15 is 0 Å². The van der Waals surface area contributed by atoms with Crippen molar-refractivity contribution in [2.24, 2.45) is 36.0 Å². The highest BCUT2D eigenvalue weighted by atomic mass is 32.3. The van der Waals surface area contributed by atoms with Gasteiger partial charge in [0.15, 0.2) is 25.8 Å². The number of carbonyl (C=O) groups is 1. The largest absolute Gasteiger partial charge is 0.478 e. The molecule has 4 rings (SSSR count). The van der Waals surface area contributed by atoms with Gasteiger partial charge in [-0.3, -0.25) is 23.6 Å². The van der Waals surface area contributed by atoms with E-state index in [0.29, 0.717) is 11.0 Å². The molecule has 4 aromatic carbocycles. The number of carboxylic acid groups (broad SMARTS) is 1. The summed E-state index contributed by atoms with van der Waals surface area (Å²) >= 11 is 0.727. The summed E-state index contributed by atoms with van der Waals surface area (Å²) in [6.07, 6.45) is 1.83. The maximum absolute atomic E-state index is 12.9. The third kappa shape index (κ3) is 15.5. The number of benzene rings is 4. The Morgan fingerprint density at radius 1 is 0.716 bits per heavy atom. The molecule has 0 saturated carbocycles. The van der Waals surface area contributed by atoms with Gasteiger partial charge in [0.1, 0.15) is 33.2 Å². The van der Waals surface area contributed by atoms with Gasteiger partial charge in [-0.15, -0.1) is 25.4 Å². The number of nitrogens with zero attached hydrogens (tertiary/aromatic N) is 8. The minimum atomic E-state index is -5.32. The Morgan fingerprint density at radius 3 is 1.87 bits per heavy atom. The zero-order valence-corrected chi connectivity index (χ0v) is 38.2. The number of carboxylic acids is 1. The number of nitrogen functional groups attached to an aromatic ring is 2. The SMILES string of the molecule is CN(CCS(=O)(=O)c1ccc(N=Nc2c(N)c(N=Nc3cccc(S(=O)(=O)CCOS(=O)(=O)O)c3)c(N)c(N=Nc3cccc(SC#COOS(=O)(=O)O)c3)c2C(=O)O)c(S(=O)(=O)O)c1)N=O. The van der Waals surface area contributed by atoms with Crippen molar-refractivity contribution in [3.8, 4) is 11.4 Å². The van der Waals surface area contributed by atoms with Gasteiger partial charge in [-0.05, 0) is 70.7 Å². The number of hydrogen-bond acceptors (Lipinski definition) is 25. The van der Waals surface area contributed by atoms with Crippen molar-refractivity contribution in [3.05, 3.63) is 77.2 Å². The molecule has 0 unspecified atom stereocenters. The van der Waals surface area contributed by atoms with Gasteiger partial charge in [0.05, 0.1) is 62.5 Å². The average Bonchev–Trinajstić information content (AvgIpc) is 3.23. The maximum Gasteiger partial charge on any atom is 0.433 e. The summed E-state index contributed by atoms with van der Waals surface area (Å²) in [6.45, 7) is -1.37. The molecule has 35 heteroatoms. The second-order valence-corrected chi connectivity index (χ2v) is 21.1. The Hall–Kier alpha value is -6.59. The molecule has 0 saturated heterocycles. The number of aromatic carboxylic acids is 1. The molecule has 67 heavy (non-hydrogen) atoms. The van der Waals surface area contributed by atoms with E-state index < -0.39 is 136 Å². The molecule has 0 aliphatic rings. The van der Waals surface area contributed by atoms with Gasteiger partial charge in [0.2, 0.25) is 0 Å². The maximum atomic E-state index is 12.9. The zero-order chi connectivity index (χ0) is 50.0. The molecule has 8 N–H and O–H groups in total. The molecule has 0 heterocycles. The third-order valence-electron chi connectivity index (χ3n) is 7.84. The summed E-state index contributed by atoms with van der Waals surface area (Å²) < 4.78 is 155. The van der Waals surface area contributed by atoms with E-state index in [1.54, 1.807) is 0 Å². The lowest BCUT2D eigenvalue weighted by molar-refractivity contribution is -0.135. The molecule has 0 spiro atoms. The first-order chi connectivity index (χ1) is 31.1. The van der Waals surface area contributed by atoms with E-state index in [2.05, 4.69) is 54.6 Å². The van der Waals surface area contributed by atoms with E-state index in [9.17, 15) is 61.4 Å². The summed E-state index contributed by atoms with van der Waals surface area (Å²) in [5.41, 5.74) is 7.16. The summed E-state index contributed by atoms with van der Waals surface area (Å²) in [6, 6.07) is 12.3. The summed E-state index contributed by atoms with van der Waals surface area (Å²) in [5, 5.41) is 39.4. The second-order valence-electron chi connectivity index (χ2n) is 12.5. The second kappa shape index (κ2) is 21.8. The van der Waals surface area contributed by atoms with E-state index in [1.165, 1.54) is 43.4 Å². The lowest BCUT2D eigenvalue weighted by Gasteiger charge is -2.13. The molecule has 0 aliphatic carbocycles. The fraction of sp³-hybridized carbons (Fsp3) is 0.156. The van der Waals surface area contributed by atoms with Crippen molar-refractivity contribution in [3.63, 3.8) is 0 Å². The van der Waals surface area contributed by atoms with Crippen molar-refractivity contribution < 1.29 is 79.1 Å². The first kappa shape index (κ1) is 53.0. The van der Waals surface area contributed by atoms with Crippen LogP contribution in [0.3, 0.4) is 0 Å². The highest BCUT2D eigenvalue weighted by molar-refractivity contribution is 8.04. The van der Waals surface area contributed by atoms with Gasteiger partial charge < -0.3 is 16.6 Å². The molecular formula is C32H30N10O19S6. The standard InChI is InChI=1S/C32H30N10O19S6/c1-42(41-45)10-14-63(46,47)23-8-9-24(25(18-23)65(50,51)52)37-39-30-26(32(43)44)29(38-35-19-4-2-6-21(16-19)62-13-11-59-61-67(56,57)58)27(33)31(28(30)34)40-36-20-5-3-7-22(17-20)64(48,49)15-12-60-66(53,54)55/h2-9,16-18H,10,12,14-15,33-34H2,1H3,(H,43,44)(H,50,51,52)(H,53,54,55)(H,56,57,58). The smallest absolute Gasteiger partial charge is 0.433 e. The van der Waals surface area contributed by atoms with Crippen LogP contribution >= 0.6 is 11.8 Å². The lowest BCUT2D eigenvalue weighted by atomic mass is 10.1. The predicted octanol–water partition coefficient (Wildman–Crippen LogP) is 4.78. The zero-order valence-electron chi connectivity index (χ0n) is 33.3. The van der Waals surface area contributed by atoms with Crippen LogP contribution in [0.1, 0.15) is 10.4 Å². The van der Waals surface area contributed by atoms with Gasteiger partial charge in [-0.1, -0.05) is 12.1 Å². The normalized spacial score (nSPS) is 12.6. The average molecular weight is 1050 g/mol. The quantitative estimate of drug-likeness (QED) is 0.00955. The van der Waals surface area contributed by atoms with Crippen LogP contribution in [-0.4, -0.2) is 104 Å². The Kier molecular flexibility index (Phi) is 17.3. The van der Waals surface area contributed by atoms with Crippen LogP contribution in [0.25, 0.3) is 0 Å². The van der Waals surface area contributed by atoms with Crippen molar-refractivity contribution in [1.29, 1.82) is 0 Å². The summed E-state index contributed by atoms with van der Waals surface area (Å²) in [5.74, 6) is -3.50. The van der Waals surface area contributed by atoms with Crippen LogP contribution in [0.15, 0.2) is 122 Å². The predicted molar refractivity (Wildman–Crippen MR) is 231 cm³/mol. The number of thioether (sulfide) groups is 1. The number of anilines is 2.